The van der Waals surface area contributed by atoms with Crippen LogP contribution in [-0.4, -0.2) is 27.7 Å². The second kappa shape index (κ2) is 3.33. The number of hydrogen-bond acceptors (Lipinski definition) is 4. The molecule has 7 heteroatoms. The molecule has 0 aromatic carbocycles. The first-order valence-electron chi connectivity index (χ1n) is 2.89. The molecule has 0 aliphatic carbocycles. The molecule has 1 heterocycles. The molecule has 0 saturated heterocycles. The molecule has 0 amide bonds. The van der Waals surface area contributed by atoms with Gasteiger partial charge in [0.1, 0.15) is 12.7 Å². The fourth-order valence-corrected chi connectivity index (χ4v) is 0.450. The highest BCUT2D eigenvalue weighted by atomic mass is 19.4. The molecule has 66 valence electrons. The van der Waals surface area contributed by atoms with E-state index in [0.29, 0.717) is 0 Å². The smallest absolute Gasteiger partial charge is 0.422 e. The molecule has 0 saturated carbocycles. The fourth-order valence-electron chi connectivity index (χ4n) is 0.450. The van der Waals surface area contributed by atoms with E-state index in [2.05, 4.69) is 19.7 Å². The molecule has 0 aliphatic heterocycles. The lowest BCUT2D eigenvalue weighted by Crippen LogP contribution is -2.20. The summed E-state index contributed by atoms with van der Waals surface area (Å²) in [5, 5.41) is 0. The van der Waals surface area contributed by atoms with Gasteiger partial charge in [-0.25, -0.2) is 4.98 Å². The van der Waals surface area contributed by atoms with Gasteiger partial charge in [0.2, 0.25) is 0 Å². The summed E-state index contributed by atoms with van der Waals surface area (Å²) >= 11 is 0. The Morgan fingerprint density at radius 1 is 1.25 bits per heavy atom. The lowest BCUT2D eigenvalue weighted by molar-refractivity contribution is -0.154. The van der Waals surface area contributed by atoms with Crippen LogP contribution in [0.5, 0.6) is 6.01 Å². The van der Waals surface area contributed by atoms with Crippen molar-refractivity contribution in [2.45, 2.75) is 6.18 Å². The number of ether oxygens (including phenoxy) is 1. The summed E-state index contributed by atoms with van der Waals surface area (Å²) in [6.45, 7) is -1.39. The summed E-state index contributed by atoms with van der Waals surface area (Å²) in [7, 11) is 0. The van der Waals surface area contributed by atoms with Crippen molar-refractivity contribution >= 4 is 0 Å². The van der Waals surface area contributed by atoms with E-state index in [-0.39, 0.29) is 6.01 Å². The predicted octanol–water partition coefficient (Wildman–Crippen LogP) is 0.813. The Kier molecular flexibility index (Phi) is 2.41. The largest absolute Gasteiger partial charge is 0.454 e. The van der Waals surface area contributed by atoms with Crippen LogP contribution in [0.3, 0.4) is 0 Å². The van der Waals surface area contributed by atoms with Crippen molar-refractivity contribution in [2.24, 2.45) is 0 Å². The number of nitrogens with zero attached hydrogens (tertiary/aromatic N) is 3. The predicted molar refractivity (Wildman–Crippen MR) is 31.4 cm³/mol. The van der Waals surface area contributed by atoms with E-state index in [4.69, 9.17) is 0 Å². The Hall–Kier alpha value is -1.40. The molecule has 0 aliphatic rings. The summed E-state index contributed by atoms with van der Waals surface area (Å²) in [6.07, 6.45) is -2.26. The topological polar surface area (TPSA) is 47.9 Å². The number of hydrogen-bond donors (Lipinski definition) is 0. The SMILES string of the molecule is FC(F)(F)COc1ncncn1. The molecule has 0 bridgehead atoms. The van der Waals surface area contributed by atoms with Crippen molar-refractivity contribution < 1.29 is 17.9 Å². The van der Waals surface area contributed by atoms with Crippen LogP contribution in [0.25, 0.3) is 0 Å². The lowest BCUT2D eigenvalue weighted by Gasteiger charge is -2.05. The first-order valence-corrected chi connectivity index (χ1v) is 2.89. The molecule has 4 nitrogen and oxygen atoms in total. The monoisotopic (exact) mass is 179 g/mol. The van der Waals surface area contributed by atoms with Gasteiger partial charge in [-0.1, -0.05) is 0 Å². The van der Waals surface area contributed by atoms with Crippen LogP contribution in [-0.2, 0) is 0 Å². The molecular formula is C5H4F3N3O. The van der Waals surface area contributed by atoms with E-state index < -0.39 is 12.8 Å². The van der Waals surface area contributed by atoms with Crippen molar-refractivity contribution in [1.82, 2.24) is 15.0 Å². The molecule has 1 rings (SSSR count). The molecular weight excluding hydrogens is 175 g/mol. The van der Waals surface area contributed by atoms with E-state index in [9.17, 15) is 13.2 Å². The Balaban J connectivity index is 2.44. The second-order valence-corrected chi connectivity index (χ2v) is 1.82. The van der Waals surface area contributed by atoms with Gasteiger partial charge in [-0.3, -0.25) is 0 Å². The first kappa shape index (κ1) is 8.69. The molecule has 1 aromatic rings. The fraction of sp³-hybridized carbons (Fsp3) is 0.400. The zero-order valence-corrected chi connectivity index (χ0v) is 5.75. The van der Waals surface area contributed by atoms with Crippen LogP contribution in [0.2, 0.25) is 0 Å². The molecule has 0 N–H and O–H groups in total. The molecule has 0 fully saturated rings. The standard InChI is InChI=1S/C5H4F3N3O/c6-5(7,8)1-12-4-10-2-9-3-11-4/h2-3H,1H2. The van der Waals surface area contributed by atoms with Crippen LogP contribution in [0, 0.1) is 0 Å². The third-order valence-electron chi connectivity index (χ3n) is 0.835. The summed E-state index contributed by atoms with van der Waals surface area (Å²) in [4.78, 5) is 10.1. The highest BCUT2D eigenvalue weighted by molar-refractivity contribution is 4.86. The van der Waals surface area contributed by atoms with Crippen LogP contribution in [0.15, 0.2) is 12.7 Å². The average Bonchev–Trinajstić information content (AvgIpc) is 2.02. The van der Waals surface area contributed by atoms with Crippen molar-refractivity contribution in [3.63, 3.8) is 0 Å². The van der Waals surface area contributed by atoms with E-state index in [1.165, 1.54) is 0 Å². The molecule has 0 unspecified atom stereocenters. The maximum absolute atomic E-state index is 11.5. The Morgan fingerprint density at radius 2 is 1.83 bits per heavy atom. The lowest BCUT2D eigenvalue weighted by atomic mass is 10.7. The summed E-state index contributed by atoms with van der Waals surface area (Å²) in [5.41, 5.74) is 0. The summed E-state index contributed by atoms with van der Waals surface area (Å²) < 4.78 is 38.8. The van der Waals surface area contributed by atoms with E-state index in [0.717, 1.165) is 12.7 Å². The van der Waals surface area contributed by atoms with Crippen LogP contribution < -0.4 is 4.74 Å². The highest BCUT2D eigenvalue weighted by Crippen LogP contribution is 2.14. The van der Waals surface area contributed by atoms with Crippen molar-refractivity contribution in [1.29, 1.82) is 0 Å². The number of rotatable bonds is 2. The molecule has 1 aromatic heterocycles. The van der Waals surface area contributed by atoms with Gasteiger partial charge in [0.05, 0.1) is 0 Å². The average molecular weight is 179 g/mol. The minimum Gasteiger partial charge on any atom is -0.454 e. The number of aromatic nitrogens is 3. The number of halogens is 3. The van der Waals surface area contributed by atoms with Gasteiger partial charge < -0.3 is 4.74 Å². The molecule has 12 heavy (non-hydrogen) atoms. The Labute approximate surface area is 65.4 Å². The minimum atomic E-state index is -4.37. The van der Waals surface area contributed by atoms with E-state index in [1.54, 1.807) is 0 Å². The maximum atomic E-state index is 11.5. The summed E-state index contributed by atoms with van der Waals surface area (Å²) in [6, 6.07) is -0.331. The highest BCUT2D eigenvalue weighted by Gasteiger charge is 2.28. The summed E-state index contributed by atoms with van der Waals surface area (Å²) in [5.74, 6) is 0. The van der Waals surface area contributed by atoms with Crippen LogP contribution in [0.1, 0.15) is 0 Å². The third-order valence-corrected chi connectivity index (χ3v) is 0.835. The van der Waals surface area contributed by atoms with Gasteiger partial charge in [-0.15, -0.1) is 0 Å². The minimum absolute atomic E-state index is 0.331. The zero-order chi connectivity index (χ0) is 9.03. The van der Waals surface area contributed by atoms with Crippen molar-refractivity contribution in [2.75, 3.05) is 6.61 Å². The zero-order valence-electron chi connectivity index (χ0n) is 5.75. The molecule has 0 spiro atoms. The van der Waals surface area contributed by atoms with E-state index >= 15 is 0 Å². The van der Waals surface area contributed by atoms with Gasteiger partial charge in [0.15, 0.2) is 6.61 Å². The quantitative estimate of drug-likeness (QED) is 0.674. The normalized spacial score (nSPS) is 11.2. The second-order valence-electron chi connectivity index (χ2n) is 1.82. The van der Waals surface area contributed by atoms with Gasteiger partial charge in [0, 0.05) is 0 Å². The van der Waals surface area contributed by atoms with Gasteiger partial charge in [-0.05, 0) is 0 Å². The number of alkyl halides is 3. The Bertz CT molecular complexity index is 237. The van der Waals surface area contributed by atoms with Gasteiger partial charge in [0.25, 0.3) is 0 Å². The maximum Gasteiger partial charge on any atom is 0.422 e. The van der Waals surface area contributed by atoms with Crippen LogP contribution in [0.4, 0.5) is 13.2 Å². The van der Waals surface area contributed by atoms with Crippen LogP contribution >= 0.6 is 0 Å². The van der Waals surface area contributed by atoms with Crippen molar-refractivity contribution in [3.05, 3.63) is 12.7 Å². The third kappa shape index (κ3) is 3.13. The van der Waals surface area contributed by atoms with Gasteiger partial charge in [-0.2, -0.15) is 23.1 Å². The van der Waals surface area contributed by atoms with E-state index in [1.807, 2.05) is 0 Å². The van der Waals surface area contributed by atoms with Gasteiger partial charge >= 0.3 is 12.2 Å². The van der Waals surface area contributed by atoms with Crippen molar-refractivity contribution in [3.8, 4) is 6.01 Å². The Morgan fingerprint density at radius 3 is 2.33 bits per heavy atom. The molecule has 0 radical (unpaired) electrons. The molecule has 0 atom stereocenters. The first-order chi connectivity index (χ1) is 5.58.